The minimum absolute atomic E-state index is 0.0168. The summed E-state index contributed by atoms with van der Waals surface area (Å²) in [6.45, 7) is 4.35. The Labute approximate surface area is 383 Å². The van der Waals surface area contributed by atoms with E-state index in [1.807, 2.05) is 60.7 Å². The van der Waals surface area contributed by atoms with Gasteiger partial charge in [0.2, 0.25) is 5.56 Å². The van der Waals surface area contributed by atoms with E-state index in [4.69, 9.17) is 14.2 Å². The number of aromatic amines is 1. The summed E-state index contributed by atoms with van der Waals surface area (Å²) in [5, 5.41) is 28.0. The molecule has 3 atom stereocenters. The van der Waals surface area contributed by atoms with Crippen LogP contribution in [0.25, 0.3) is 10.9 Å². The Kier molecular flexibility index (Phi) is 15.0. The number of nitrogens with one attached hydrogen (secondary N) is 3. The van der Waals surface area contributed by atoms with Gasteiger partial charge in [-0.25, -0.2) is 9.59 Å². The zero-order valence-electron chi connectivity index (χ0n) is 36.6. The van der Waals surface area contributed by atoms with Gasteiger partial charge in [-0.2, -0.15) is 0 Å². The number of nitrogens with zero attached hydrogens (tertiary/aromatic N) is 2. The van der Waals surface area contributed by atoms with E-state index < -0.39 is 24.2 Å². The first-order valence-electron chi connectivity index (χ1n) is 22.5. The van der Waals surface area contributed by atoms with Crippen LogP contribution in [0, 0.1) is 5.92 Å². The van der Waals surface area contributed by atoms with Gasteiger partial charge in [-0.05, 0) is 116 Å². The number of H-pyrrole nitrogens is 1. The van der Waals surface area contributed by atoms with E-state index in [1.165, 1.54) is 12.1 Å². The summed E-state index contributed by atoms with van der Waals surface area (Å²) in [4.78, 5) is 58.3. The molecule has 14 nitrogen and oxygen atoms in total. The Morgan fingerprint density at radius 2 is 1.56 bits per heavy atom. The number of ether oxygens (including phenoxy) is 3. The largest absolute Gasteiger partial charge is 0.506 e. The van der Waals surface area contributed by atoms with Gasteiger partial charge in [-0.1, -0.05) is 78.9 Å². The molecule has 0 saturated carbocycles. The van der Waals surface area contributed by atoms with E-state index in [0.717, 1.165) is 49.2 Å². The van der Waals surface area contributed by atoms with Crippen LogP contribution in [0.1, 0.15) is 74.4 Å². The van der Waals surface area contributed by atoms with Crippen molar-refractivity contribution >= 4 is 28.9 Å². The van der Waals surface area contributed by atoms with Crippen LogP contribution in [0.2, 0.25) is 0 Å². The minimum atomic E-state index is -0.917. The number of hydrogen-bond donors (Lipinski definition) is 5. The number of aliphatic hydroxyl groups excluding tert-OH is 1. The van der Waals surface area contributed by atoms with Crippen molar-refractivity contribution in [3.8, 4) is 11.5 Å². The number of hydrogen-bond acceptors (Lipinski definition) is 11. The highest BCUT2D eigenvalue weighted by Gasteiger charge is 2.37. The number of benzene rings is 5. The molecule has 6 aromatic rings. The molecule has 3 fully saturated rings. The summed E-state index contributed by atoms with van der Waals surface area (Å²) >= 11 is 0. The van der Waals surface area contributed by atoms with Gasteiger partial charge in [0.15, 0.2) is 0 Å². The Balaban J connectivity index is 0.815. The van der Waals surface area contributed by atoms with Crippen LogP contribution in [-0.2, 0) is 16.1 Å². The third kappa shape index (κ3) is 11.6. The highest BCUT2D eigenvalue weighted by molar-refractivity contribution is 5.94. The summed E-state index contributed by atoms with van der Waals surface area (Å²) in [7, 11) is 0. The van der Waals surface area contributed by atoms with Crippen molar-refractivity contribution in [1.82, 2.24) is 25.4 Å². The predicted octanol–water partition coefficient (Wildman–Crippen LogP) is 6.74. The van der Waals surface area contributed by atoms with Crippen molar-refractivity contribution in [2.45, 2.75) is 44.1 Å². The fourth-order valence-electron chi connectivity index (χ4n) is 8.73. The molecule has 3 aliphatic rings. The molecule has 3 saturated heterocycles. The van der Waals surface area contributed by atoms with Gasteiger partial charge in [0.25, 0.3) is 5.91 Å². The molecule has 0 spiro atoms. The number of alkyl carbamates (subject to hydrolysis) is 1. The average molecular weight is 894 g/mol. The van der Waals surface area contributed by atoms with E-state index >= 15 is 0 Å². The molecular weight excluding hydrogens is 839 g/mol. The number of esters is 1. The number of carbonyl (C=O) groups excluding carboxylic acids is 3. The number of amides is 2. The number of rotatable bonds is 19. The van der Waals surface area contributed by atoms with Crippen LogP contribution < -0.4 is 20.9 Å². The number of pyridine rings is 1. The van der Waals surface area contributed by atoms with Crippen LogP contribution in [-0.4, -0.2) is 101 Å². The number of piperidine rings is 3. The lowest BCUT2D eigenvalue weighted by Crippen LogP contribution is -2.52. The highest BCUT2D eigenvalue weighted by atomic mass is 16.6. The lowest BCUT2D eigenvalue weighted by molar-refractivity contribution is -0.0336. The normalized spacial score (nSPS) is 17.4. The first-order chi connectivity index (χ1) is 32.2. The molecule has 2 bridgehead atoms. The number of aromatic nitrogens is 1. The van der Waals surface area contributed by atoms with Gasteiger partial charge < -0.3 is 44.9 Å². The molecule has 3 aliphatic heterocycles. The van der Waals surface area contributed by atoms with Crippen molar-refractivity contribution in [3.63, 3.8) is 0 Å². The Morgan fingerprint density at radius 1 is 0.818 bits per heavy atom. The number of aromatic hydroxyl groups is 1. The standard InChI is InChI=1S/C52H55N5O9/c58-44-21-19-42(43-20-22-47(60)54-49(43)44)45(59)32-53-25-8-26-57(50(61)38-11-5-2-6-12-38)29-30-64-51(62)39-17-15-35(16-18-39)34-65-41-14-7-13-40(31-41)48(37-9-3-1-4-10-37)55-52(63)66-46-33-56-27-23-36(46)24-28-56/h1-7,9-22,31,36,45-46,48,53,58-59H,8,23-30,32-34H2,(H,54,60)(H,55,63)/t45-,46-,48-/m0/s1. The van der Waals surface area contributed by atoms with Gasteiger partial charge in [-0.15, -0.1) is 0 Å². The average Bonchev–Trinajstić information content (AvgIpc) is 3.35. The molecule has 9 rings (SSSR count). The lowest BCUT2D eigenvalue weighted by atomic mass is 9.86. The molecule has 5 N–H and O–H groups in total. The zero-order valence-corrected chi connectivity index (χ0v) is 36.6. The highest BCUT2D eigenvalue weighted by Crippen LogP contribution is 2.31. The molecule has 66 heavy (non-hydrogen) atoms. The van der Waals surface area contributed by atoms with E-state index in [-0.39, 0.29) is 55.1 Å². The molecular formula is C52H55N5O9. The van der Waals surface area contributed by atoms with Crippen molar-refractivity contribution in [3.05, 3.63) is 177 Å². The van der Waals surface area contributed by atoms with E-state index in [1.54, 1.807) is 65.6 Å². The van der Waals surface area contributed by atoms with Crippen molar-refractivity contribution in [2.24, 2.45) is 5.92 Å². The van der Waals surface area contributed by atoms with Crippen LogP contribution in [0.3, 0.4) is 0 Å². The van der Waals surface area contributed by atoms with Gasteiger partial charge in [0.05, 0.1) is 29.8 Å². The fraction of sp³-hybridized carbons (Fsp3) is 0.308. The summed E-state index contributed by atoms with van der Waals surface area (Å²) in [6, 6.07) is 38.8. The quantitative estimate of drug-likeness (QED) is 0.0429. The van der Waals surface area contributed by atoms with Crippen LogP contribution >= 0.6 is 0 Å². The summed E-state index contributed by atoms with van der Waals surface area (Å²) in [5.74, 6) is 0.228. The maximum atomic E-state index is 13.5. The Hall–Kier alpha value is -7.00. The summed E-state index contributed by atoms with van der Waals surface area (Å²) < 4.78 is 17.8. The molecule has 1 aromatic heterocycles. The molecule has 342 valence electrons. The number of phenolic OH excluding ortho intramolecular Hbond substituents is 1. The summed E-state index contributed by atoms with van der Waals surface area (Å²) in [6.07, 6.45) is 1.20. The van der Waals surface area contributed by atoms with Crippen LogP contribution in [0.5, 0.6) is 11.5 Å². The van der Waals surface area contributed by atoms with Gasteiger partial charge >= 0.3 is 12.1 Å². The number of phenols is 1. The number of aliphatic hydroxyl groups is 1. The number of fused-ring (bicyclic) bond motifs is 4. The third-order valence-corrected chi connectivity index (χ3v) is 12.3. The predicted molar refractivity (Wildman–Crippen MR) is 249 cm³/mol. The molecule has 2 amide bonds. The molecule has 4 heterocycles. The molecule has 0 aliphatic carbocycles. The van der Waals surface area contributed by atoms with Crippen molar-refractivity contribution < 1.29 is 38.8 Å². The first-order valence-corrected chi connectivity index (χ1v) is 22.5. The van der Waals surface area contributed by atoms with Crippen LogP contribution in [0.15, 0.2) is 138 Å². The SMILES string of the molecule is O=C(N[C@@H](c1ccccc1)c1cccc(OCc2ccc(C(=O)OCCN(CCCNC[C@H](O)c3ccc(O)c4[nH]c(=O)ccc34)C(=O)c3ccccc3)cc2)c1)O[C@H]1CN2CCC1CC2. The maximum Gasteiger partial charge on any atom is 0.408 e. The van der Waals surface area contributed by atoms with Gasteiger partial charge in [0.1, 0.15) is 30.8 Å². The van der Waals surface area contributed by atoms with Crippen molar-refractivity contribution in [1.29, 1.82) is 0 Å². The molecule has 5 aromatic carbocycles. The monoisotopic (exact) mass is 893 g/mol. The summed E-state index contributed by atoms with van der Waals surface area (Å²) in [5.41, 5.74) is 3.94. The second kappa shape index (κ2) is 21.8. The topological polar surface area (TPSA) is 183 Å². The molecule has 0 unspecified atom stereocenters. The third-order valence-electron chi connectivity index (χ3n) is 12.3. The molecule has 14 heteroatoms. The smallest absolute Gasteiger partial charge is 0.408 e. The van der Waals surface area contributed by atoms with E-state index in [9.17, 15) is 29.4 Å². The van der Waals surface area contributed by atoms with E-state index in [0.29, 0.717) is 53.3 Å². The Morgan fingerprint density at radius 3 is 2.30 bits per heavy atom. The first kappa shape index (κ1) is 45.6. The van der Waals surface area contributed by atoms with Gasteiger partial charge in [0, 0.05) is 36.7 Å². The maximum absolute atomic E-state index is 13.5. The van der Waals surface area contributed by atoms with Crippen molar-refractivity contribution in [2.75, 3.05) is 52.4 Å². The lowest BCUT2D eigenvalue weighted by Gasteiger charge is -2.43. The van der Waals surface area contributed by atoms with Gasteiger partial charge in [-0.3, -0.25) is 14.5 Å². The zero-order chi connectivity index (χ0) is 45.8. The number of carbonyl (C=O) groups is 3. The van der Waals surface area contributed by atoms with E-state index in [2.05, 4.69) is 20.5 Å². The Bertz CT molecular complexity index is 2640. The minimum Gasteiger partial charge on any atom is -0.506 e. The fourth-order valence-corrected chi connectivity index (χ4v) is 8.73. The van der Waals surface area contributed by atoms with Crippen LogP contribution in [0.4, 0.5) is 4.79 Å². The second-order valence-electron chi connectivity index (χ2n) is 16.8. The molecule has 0 radical (unpaired) electrons. The second-order valence-corrected chi connectivity index (χ2v) is 16.8.